The van der Waals surface area contributed by atoms with Crippen LogP contribution in [-0.2, 0) is 11.3 Å². The number of carbonyl (C=O) groups excluding carboxylic acids is 1. The first-order valence-electron chi connectivity index (χ1n) is 7.41. The minimum atomic E-state index is -0.469. The molecule has 5 heteroatoms. The Bertz CT molecular complexity index is 938. The Morgan fingerprint density at radius 1 is 1.08 bits per heavy atom. The Hall–Kier alpha value is -3.08. The SMILES string of the molecule is COc1ccc(C(=O)OCc2cc(=O)oc3cc(C)ccc23)cc1. The van der Waals surface area contributed by atoms with Crippen molar-refractivity contribution in [2.24, 2.45) is 0 Å². The molecule has 0 radical (unpaired) electrons. The number of benzene rings is 2. The fourth-order valence-electron chi connectivity index (χ4n) is 2.41. The van der Waals surface area contributed by atoms with Gasteiger partial charge in [-0.1, -0.05) is 12.1 Å². The number of methoxy groups -OCH3 is 1. The van der Waals surface area contributed by atoms with Gasteiger partial charge in [0.15, 0.2) is 0 Å². The Labute approximate surface area is 138 Å². The minimum absolute atomic E-state index is 0.00394. The van der Waals surface area contributed by atoms with Gasteiger partial charge in [0.05, 0.1) is 12.7 Å². The van der Waals surface area contributed by atoms with Crippen LogP contribution >= 0.6 is 0 Å². The largest absolute Gasteiger partial charge is 0.497 e. The quantitative estimate of drug-likeness (QED) is 0.543. The third kappa shape index (κ3) is 3.30. The molecule has 0 saturated carbocycles. The second kappa shape index (κ2) is 6.58. The highest BCUT2D eigenvalue weighted by Gasteiger charge is 2.11. The van der Waals surface area contributed by atoms with E-state index in [1.54, 1.807) is 37.4 Å². The van der Waals surface area contributed by atoms with Gasteiger partial charge in [0.1, 0.15) is 17.9 Å². The van der Waals surface area contributed by atoms with Gasteiger partial charge in [-0.25, -0.2) is 9.59 Å². The third-order valence-electron chi connectivity index (χ3n) is 3.67. The zero-order chi connectivity index (χ0) is 17.1. The molecule has 0 unspecified atom stereocenters. The van der Waals surface area contributed by atoms with Gasteiger partial charge in [0.25, 0.3) is 0 Å². The topological polar surface area (TPSA) is 65.7 Å². The van der Waals surface area contributed by atoms with Crippen molar-refractivity contribution in [2.45, 2.75) is 13.5 Å². The zero-order valence-corrected chi connectivity index (χ0v) is 13.4. The number of fused-ring (bicyclic) bond motifs is 1. The van der Waals surface area contributed by atoms with Crippen molar-refractivity contribution in [2.75, 3.05) is 7.11 Å². The van der Waals surface area contributed by atoms with Crippen molar-refractivity contribution in [3.05, 3.63) is 75.6 Å². The molecular weight excluding hydrogens is 308 g/mol. The molecule has 1 aromatic heterocycles. The van der Waals surface area contributed by atoms with E-state index in [0.717, 1.165) is 10.9 Å². The minimum Gasteiger partial charge on any atom is -0.497 e. The van der Waals surface area contributed by atoms with Crippen LogP contribution in [0.4, 0.5) is 0 Å². The highest BCUT2D eigenvalue weighted by atomic mass is 16.5. The molecule has 1 heterocycles. The van der Waals surface area contributed by atoms with Crippen molar-refractivity contribution >= 4 is 16.9 Å². The van der Waals surface area contributed by atoms with Crippen LogP contribution in [0.3, 0.4) is 0 Å². The number of esters is 1. The molecule has 0 N–H and O–H groups in total. The van der Waals surface area contributed by atoms with E-state index in [9.17, 15) is 9.59 Å². The lowest BCUT2D eigenvalue weighted by Crippen LogP contribution is -2.08. The molecule has 2 aromatic carbocycles. The molecule has 0 spiro atoms. The number of hydrogen-bond acceptors (Lipinski definition) is 5. The van der Waals surface area contributed by atoms with Gasteiger partial charge in [-0.05, 0) is 42.8 Å². The van der Waals surface area contributed by atoms with E-state index in [4.69, 9.17) is 13.9 Å². The van der Waals surface area contributed by atoms with E-state index in [0.29, 0.717) is 22.5 Å². The van der Waals surface area contributed by atoms with Gasteiger partial charge < -0.3 is 13.9 Å². The first kappa shape index (κ1) is 15.8. The number of aryl methyl sites for hydroxylation is 1. The van der Waals surface area contributed by atoms with Crippen LogP contribution in [0.15, 0.2) is 57.7 Å². The lowest BCUT2D eigenvalue weighted by atomic mass is 10.1. The van der Waals surface area contributed by atoms with Crippen LogP contribution in [0.25, 0.3) is 11.0 Å². The molecule has 5 nitrogen and oxygen atoms in total. The molecule has 0 fully saturated rings. The first-order valence-corrected chi connectivity index (χ1v) is 7.41. The Morgan fingerprint density at radius 2 is 1.83 bits per heavy atom. The predicted octanol–water partition coefficient (Wildman–Crippen LogP) is 3.47. The van der Waals surface area contributed by atoms with Crippen LogP contribution in [0.1, 0.15) is 21.5 Å². The van der Waals surface area contributed by atoms with Crippen LogP contribution in [-0.4, -0.2) is 13.1 Å². The Balaban J connectivity index is 1.82. The first-order chi connectivity index (χ1) is 11.6. The van der Waals surface area contributed by atoms with E-state index < -0.39 is 11.6 Å². The van der Waals surface area contributed by atoms with Crippen LogP contribution in [0, 0.1) is 6.92 Å². The molecule has 24 heavy (non-hydrogen) atoms. The summed E-state index contributed by atoms with van der Waals surface area (Å²) in [7, 11) is 1.56. The number of hydrogen-bond donors (Lipinski definition) is 0. The average molecular weight is 324 g/mol. The van der Waals surface area contributed by atoms with Gasteiger partial charge in [-0.15, -0.1) is 0 Å². The summed E-state index contributed by atoms with van der Waals surface area (Å²) in [6, 6.07) is 13.5. The van der Waals surface area contributed by atoms with E-state index in [1.165, 1.54) is 6.07 Å². The number of ether oxygens (including phenoxy) is 2. The molecule has 0 amide bonds. The van der Waals surface area contributed by atoms with Crippen molar-refractivity contribution in [1.29, 1.82) is 0 Å². The molecule has 122 valence electrons. The standard InChI is InChI=1S/C19H16O5/c1-12-3-8-16-14(10-18(20)24-17(16)9-12)11-23-19(21)13-4-6-15(22-2)7-5-13/h3-10H,11H2,1-2H3. The van der Waals surface area contributed by atoms with Crippen LogP contribution in [0.2, 0.25) is 0 Å². The van der Waals surface area contributed by atoms with Crippen molar-refractivity contribution in [1.82, 2.24) is 0 Å². The van der Waals surface area contributed by atoms with E-state index in [2.05, 4.69) is 0 Å². The molecule has 0 saturated heterocycles. The summed E-state index contributed by atoms with van der Waals surface area (Å²) in [6.45, 7) is 1.91. The second-order valence-electron chi connectivity index (χ2n) is 5.39. The van der Waals surface area contributed by atoms with E-state index in [-0.39, 0.29) is 6.61 Å². The summed E-state index contributed by atoms with van der Waals surface area (Å²) in [5, 5.41) is 0.753. The lowest BCUT2D eigenvalue weighted by Gasteiger charge is -2.08. The molecule has 0 aliphatic rings. The molecule has 0 atom stereocenters. The van der Waals surface area contributed by atoms with Gasteiger partial charge in [-0.2, -0.15) is 0 Å². The van der Waals surface area contributed by atoms with E-state index in [1.807, 2.05) is 19.1 Å². The molecule has 0 bridgehead atoms. The number of carbonyl (C=O) groups is 1. The lowest BCUT2D eigenvalue weighted by molar-refractivity contribution is 0.0474. The highest BCUT2D eigenvalue weighted by Crippen LogP contribution is 2.20. The van der Waals surface area contributed by atoms with Crippen molar-refractivity contribution < 1.29 is 18.7 Å². The summed E-state index contributed by atoms with van der Waals surface area (Å²) in [5.74, 6) is 0.194. The fourth-order valence-corrected chi connectivity index (χ4v) is 2.41. The summed E-state index contributed by atoms with van der Waals surface area (Å²) >= 11 is 0. The second-order valence-corrected chi connectivity index (χ2v) is 5.39. The maximum absolute atomic E-state index is 12.1. The predicted molar refractivity (Wildman–Crippen MR) is 89.3 cm³/mol. The van der Waals surface area contributed by atoms with Gasteiger partial charge in [-0.3, -0.25) is 0 Å². The average Bonchev–Trinajstić information content (AvgIpc) is 2.59. The molecular formula is C19H16O5. The van der Waals surface area contributed by atoms with Crippen LogP contribution < -0.4 is 10.4 Å². The highest BCUT2D eigenvalue weighted by molar-refractivity contribution is 5.89. The summed E-state index contributed by atoms with van der Waals surface area (Å²) in [5.41, 5.74) is 2.03. The fraction of sp³-hybridized carbons (Fsp3) is 0.158. The van der Waals surface area contributed by atoms with E-state index >= 15 is 0 Å². The Morgan fingerprint density at radius 3 is 2.54 bits per heavy atom. The van der Waals surface area contributed by atoms with Gasteiger partial charge in [0.2, 0.25) is 0 Å². The van der Waals surface area contributed by atoms with Crippen LogP contribution in [0.5, 0.6) is 5.75 Å². The van der Waals surface area contributed by atoms with Gasteiger partial charge >= 0.3 is 11.6 Å². The molecule has 0 aliphatic carbocycles. The van der Waals surface area contributed by atoms with Crippen molar-refractivity contribution in [3.63, 3.8) is 0 Å². The summed E-state index contributed by atoms with van der Waals surface area (Å²) in [6.07, 6.45) is 0. The smallest absolute Gasteiger partial charge is 0.338 e. The normalized spacial score (nSPS) is 10.6. The summed E-state index contributed by atoms with van der Waals surface area (Å²) in [4.78, 5) is 23.8. The maximum atomic E-state index is 12.1. The van der Waals surface area contributed by atoms with Gasteiger partial charge in [0, 0.05) is 17.0 Å². The molecule has 3 aromatic rings. The third-order valence-corrected chi connectivity index (χ3v) is 3.67. The molecule has 0 aliphatic heterocycles. The Kier molecular flexibility index (Phi) is 4.33. The number of rotatable bonds is 4. The van der Waals surface area contributed by atoms with Crippen molar-refractivity contribution in [3.8, 4) is 5.75 Å². The zero-order valence-electron chi connectivity index (χ0n) is 13.4. The maximum Gasteiger partial charge on any atom is 0.338 e. The molecule has 3 rings (SSSR count). The monoisotopic (exact) mass is 324 g/mol. The summed E-state index contributed by atoms with van der Waals surface area (Å²) < 4.78 is 15.6.